The topological polar surface area (TPSA) is 107 Å². The van der Waals surface area contributed by atoms with E-state index in [-0.39, 0.29) is 31.6 Å². The van der Waals surface area contributed by atoms with Gasteiger partial charge in [-0.25, -0.2) is 4.79 Å². The minimum atomic E-state index is -0.406. The van der Waals surface area contributed by atoms with Gasteiger partial charge in [0.25, 0.3) is 0 Å². The lowest BCUT2D eigenvalue weighted by atomic mass is 10.0. The third-order valence-corrected chi connectivity index (χ3v) is 5.25. The summed E-state index contributed by atoms with van der Waals surface area (Å²) in [6, 6.07) is 18.6. The Kier molecular flexibility index (Phi) is 15.4. The van der Waals surface area contributed by atoms with Gasteiger partial charge in [-0.2, -0.15) is 0 Å². The smallest absolute Gasteiger partial charge is 0.336 e. The lowest BCUT2D eigenvalue weighted by Crippen LogP contribution is -2.32. The average Bonchev–Trinajstić information content (AvgIpc) is 2.83. The van der Waals surface area contributed by atoms with E-state index in [1.807, 2.05) is 60.7 Å². The molecule has 9 heteroatoms. The van der Waals surface area contributed by atoms with Gasteiger partial charge in [0.2, 0.25) is 0 Å². The Labute approximate surface area is 198 Å². The molecule has 1 aliphatic heterocycles. The quantitative estimate of drug-likeness (QED) is 0.298. The number of halogens is 1. The second-order valence-corrected chi connectivity index (χ2v) is 7.89. The molecule has 2 aromatic rings. The summed E-state index contributed by atoms with van der Waals surface area (Å²) in [5.74, 6) is 0.592. The summed E-state index contributed by atoms with van der Waals surface area (Å²) in [6.07, 6.45) is 0.727. The standard InChI is InChI=1S/C13H10O.C6H15NO3.C4H5ClO2S/c14-13(11-7-3-1-4-8-11)12-9-5-2-6-10-12;8-4-1-7(2-5-9)3-6-10;5-3-1-2-8-7-4(3)6/h1-10H;8-10H,1-6H2;3H,1-2H2. The summed E-state index contributed by atoms with van der Waals surface area (Å²) in [5, 5.41) is 25.0. The maximum absolute atomic E-state index is 11.8. The van der Waals surface area contributed by atoms with Gasteiger partial charge in [0.15, 0.2) is 5.78 Å². The van der Waals surface area contributed by atoms with Crippen molar-refractivity contribution in [2.24, 2.45) is 0 Å². The van der Waals surface area contributed by atoms with Crippen LogP contribution in [-0.2, 0) is 8.98 Å². The van der Waals surface area contributed by atoms with Crippen LogP contribution in [0.4, 0.5) is 0 Å². The molecule has 7 nitrogen and oxygen atoms in total. The molecule has 1 aliphatic rings. The number of benzene rings is 2. The minimum absolute atomic E-state index is 0.0694. The third kappa shape index (κ3) is 11.6. The third-order valence-electron chi connectivity index (χ3n) is 4.17. The van der Waals surface area contributed by atoms with Gasteiger partial charge in [-0.1, -0.05) is 60.7 Å². The Morgan fingerprint density at radius 1 is 0.906 bits per heavy atom. The molecule has 0 radical (unpaired) electrons. The van der Waals surface area contributed by atoms with Gasteiger partial charge in [-0.3, -0.25) is 9.69 Å². The van der Waals surface area contributed by atoms with Crippen molar-refractivity contribution < 1.29 is 29.1 Å². The van der Waals surface area contributed by atoms with Crippen LogP contribution >= 0.6 is 23.6 Å². The van der Waals surface area contributed by atoms with Gasteiger partial charge in [0.1, 0.15) is 5.38 Å². The summed E-state index contributed by atoms with van der Waals surface area (Å²) in [7, 11) is 0. The first-order valence-corrected chi connectivity index (χ1v) is 11.5. The van der Waals surface area contributed by atoms with Crippen LogP contribution in [0.15, 0.2) is 60.7 Å². The molecule has 0 spiro atoms. The number of aliphatic hydroxyl groups is 3. The van der Waals surface area contributed by atoms with Crippen LogP contribution in [0.25, 0.3) is 0 Å². The van der Waals surface area contributed by atoms with E-state index < -0.39 is 5.38 Å². The second-order valence-electron chi connectivity index (χ2n) is 6.55. The van der Waals surface area contributed by atoms with Crippen LogP contribution in [-0.4, -0.2) is 82.6 Å². The van der Waals surface area contributed by atoms with E-state index in [0.717, 1.165) is 23.3 Å². The molecule has 1 heterocycles. The highest BCUT2D eigenvalue weighted by atomic mass is 35.5. The number of hydrogen-bond donors (Lipinski definition) is 3. The highest BCUT2D eigenvalue weighted by Crippen LogP contribution is 2.19. The molecule has 0 aromatic heterocycles. The number of alkyl halides is 1. The van der Waals surface area contributed by atoms with Crippen LogP contribution < -0.4 is 0 Å². The van der Waals surface area contributed by atoms with Crippen molar-refractivity contribution in [2.75, 3.05) is 45.2 Å². The predicted molar refractivity (Wildman–Crippen MR) is 127 cm³/mol. The van der Waals surface area contributed by atoms with Crippen molar-refractivity contribution in [2.45, 2.75) is 11.8 Å². The maximum Gasteiger partial charge on any atom is 0.336 e. The molecule has 0 aliphatic carbocycles. The Morgan fingerprint density at radius 2 is 1.34 bits per heavy atom. The van der Waals surface area contributed by atoms with Crippen molar-refractivity contribution in [1.29, 1.82) is 0 Å². The second kappa shape index (κ2) is 17.6. The highest BCUT2D eigenvalue weighted by molar-refractivity contribution is 7.95. The number of rotatable bonds is 8. The number of carbonyl (C=O) groups excluding carboxylic acids is 2. The molecule has 2 aromatic carbocycles. The summed E-state index contributed by atoms with van der Waals surface area (Å²) < 4.78 is 4.54. The molecule has 1 atom stereocenters. The van der Waals surface area contributed by atoms with Crippen molar-refractivity contribution in [3.8, 4) is 0 Å². The first-order valence-electron chi connectivity index (χ1n) is 10.2. The van der Waals surface area contributed by atoms with Gasteiger partial charge >= 0.3 is 5.97 Å². The Hall–Kier alpha value is -1.94. The average molecular weight is 484 g/mol. The zero-order valence-corrected chi connectivity index (χ0v) is 19.4. The molecule has 0 amide bonds. The summed E-state index contributed by atoms with van der Waals surface area (Å²) in [5.41, 5.74) is 1.47. The Morgan fingerprint density at radius 3 is 1.66 bits per heavy atom. The summed E-state index contributed by atoms with van der Waals surface area (Å²) in [6.45, 7) is 1.75. The zero-order chi connectivity index (χ0) is 23.6. The fourth-order valence-electron chi connectivity index (χ4n) is 2.53. The van der Waals surface area contributed by atoms with E-state index in [0.29, 0.717) is 19.6 Å². The van der Waals surface area contributed by atoms with E-state index in [1.165, 1.54) is 12.0 Å². The molecular formula is C23H30ClNO6S. The molecule has 1 unspecified atom stereocenters. The van der Waals surface area contributed by atoms with Crippen LogP contribution in [0, 0.1) is 0 Å². The lowest BCUT2D eigenvalue weighted by molar-refractivity contribution is -0.133. The van der Waals surface area contributed by atoms with Crippen molar-refractivity contribution in [3.63, 3.8) is 0 Å². The Balaban J connectivity index is 0.000000252. The Bertz CT molecular complexity index is 710. The fourth-order valence-corrected chi connectivity index (χ4v) is 3.51. The monoisotopic (exact) mass is 483 g/mol. The lowest BCUT2D eigenvalue weighted by Gasteiger charge is -2.17. The summed E-state index contributed by atoms with van der Waals surface area (Å²) >= 11 is 6.65. The van der Waals surface area contributed by atoms with Crippen LogP contribution in [0.1, 0.15) is 22.3 Å². The van der Waals surface area contributed by atoms with E-state index in [2.05, 4.69) is 4.18 Å². The van der Waals surface area contributed by atoms with Gasteiger partial charge < -0.3 is 19.5 Å². The first-order chi connectivity index (χ1) is 15.5. The van der Waals surface area contributed by atoms with E-state index in [9.17, 15) is 9.59 Å². The number of aliphatic hydroxyl groups excluding tert-OH is 3. The molecule has 1 fully saturated rings. The minimum Gasteiger partial charge on any atom is -0.395 e. The van der Waals surface area contributed by atoms with E-state index in [1.54, 1.807) is 4.90 Å². The number of ketones is 1. The molecule has 176 valence electrons. The zero-order valence-electron chi connectivity index (χ0n) is 17.8. The molecule has 3 N–H and O–H groups in total. The normalized spacial score (nSPS) is 15.0. The van der Waals surface area contributed by atoms with Gasteiger partial charge in [0, 0.05) is 36.5 Å². The fraction of sp³-hybridized carbons (Fsp3) is 0.391. The molecule has 0 bridgehead atoms. The van der Waals surface area contributed by atoms with Crippen molar-refractivity contribution in [1.82, 2.24) is 4.90 Å². The maximum atomic E-state index is 11.8. The van der Waals surface area contributed by atoms with Crippen LogP contribution in [0.2, 0.25) is 0 Å². The van der Waals surface area contributed by atoms with Gasteiger partial charge in [-0.15, -0.1) is 11.6 Å². The van der Waals surface area contributed by atoms with Crippen molar-refractivity contribution in [3.05, 3.63) is 71.8 Å². The van der Waals surface area contributed by atoms with E-state index >= 15 is 0 Å². The molecular weight excluding hydrogens is 454 g/mol. The number of carbonyl (C=O) groups is 2. The van der Waals surface area contributed by atoms with Crippen molar-refractivity contribution >= 4 is 35.4 Å². The molecule has 3 rings (SSSR count). The number of nitrogens with zero attached hydrogens (tertiary/aromatic N) is 1. The summed E-state index contributed by atoms with van der Waals surface area (Å²) in [4.78, 5) is 24.1. The molecule has 32 heavy (non-hydrogen) atoms. The molecule has 0 saturated carbocycles. The van der Waals surface area contributed by atoms with Gasteiger partial charge in [0.05, 0.1) is 31.9 Å². The van der Waals surface area contributed by atoms with Gasteiger partial charge in [-0.05, 0) is 6.42 Å². The predicted octanol–water partition coefficient (Wildman–Crippen LogP) is 2.37. The van der Waals surface area contributed by atoms with E-state index in [4.69, 9.17) is 26.9 Å². The highest BCUT2D eigenvalue weighted by Gasteiger charge is 2.21. The first kappa shape index (κ1) is 28.1. The number of hydrogen-bond acceptors (Lipinski definition) is 8. The molecule has 1 saturated heterocycles. The van der Waals surface area contributed by atoms with Crippen LogP contribution in [0.5, 0.6) is 0 Å². The van der Waals surface area contributed by atoms with Crippen LogP contribution in [0.3, 0.4) is 0 Å². The SMILES string of the molecule is O=C(c1ccccc1)c1ccccc1.O=C1OSCCC1Cl.OCCN(CCO)CCO. The largest absolute Gasteiger partial charge is 0.395 e.